The van der Waals surface area contributed by atoms with Crippen molar-refractivity contribution in [3.05, 3.63) is 94.5 Å². The number of aryl methyl sites for hydroxylation is 1. The average molecular weight is 696 g/mol. The van der Waals surface area contributed by atoms with Gasteiger partial charge in [-0.2, -0.15) is 0 Å². The molecule has 256 valence electrons. The van der Waals surface area contributed by atoms with E-state index in [0.29, 0.717) is 22.5 Å². The number of anilines is 1. The second-order valence-corrected chi connectivity index (χ2v) is 11.0. The Hall–Kier alpha value is -6.10. The normalized spacial score (nSPS) is 11.7. The first-order valence-electron chi connectivity index (χ1n) is 14.2. The molecule has 0 saturated carbocycles. The lowest BCUT2D eigenvalue weighted by Gasteiger charge is -2.18. The van der Waals surface area contributed by atoms with Crippen molar-refractivity contribution in [3.63, 3.8) is 0 Å². The topological polar surface area (TPSA) is 261 Å². The number of imide groups is 1. The number of phosphoric ester groups is 1. The molecule has 0 spiro atoms. The van der Waals surface area contributed by atoms with Gasteiger partial charge in [-0.05, 0) is 68.3 Å². The van der Waals surface area contributed by atoms with Crippen LogP contribution in [0.3, 0.4) is 0 Å². The van der Waals surface area contributed by atoms with E-state index >= 15 is 0 Å². The molecule has 0 aliphatic heterocycles. The number of nitrogens with two attached hydrogens (primary N) is 1. The van der Waals surface area contributed by atoms with Gasteiger partial charge >= 0.3 is 19.9 Å². The predicted octanol–water partition coefficient (Wildman–Crippen LogP) is 3.82. The summed E-state index contributed by atoms with van der Waals surface area (Å²) in [6.45, 7) is 3.98. The zero-order valence-electron chi connectivity index (χ0n) is 26.1. The first-order valence-corrected chi connectivity index (χ1v) is 15.7. The van der Waals surface area contributed by atoms with Crippen molar-refractivity contribution in [2.45, 2.75) is 20.8 Å². The van der Waals surface area contributed by atoms with Gasteiger partial charge in [-0.1, -0.05) is 11.2 Å². The molecular formula is C30H30N7O11P. The summed E-state index contributed by atoms with van der Waals surface area (Å²) < 4.78 is 30.0. The fourth-order valence-corrected chi connectivity index (χ4v) is 4.60. The molecule has 0 aliphatic carbocycles. The molecule has 2 heterocycles. The number of amidine groups is 1. The predicted molar refractivity (Wildman–Crippen MR) is 173 cm³/mol. The molecule has 6 N–H and O–H groups in total. The van der Waals surface area contributed by atoms with Gasteiger partial charge in [-0.15, -0.1) is 0 Å². The highest BCUT2D eigenvalue weighted by Crippen LogP contribution is 2.37. The summed E-state index contributed by atoms with van der Waals surface area (Å²) in [7, 11) is -4.78. The van der Waals surface area contributed by atoms with Crippen LogP contribution >= 0.6 is 7.82 Å². The maximum Gasteiger partial charge on any atom is 0.524 e. The molecule has 0 atom stereocenters. The van der Waals surface area contributed by atoms with Crippen LogP contribution in [0.25, 0.3) is 0 Å². The number of hydrogen-bond acceptors (Lipinski definition) is 11. The number of rotatable bonds is 11. The Morgan fingerprint density at radius 2 is 1.80 bits per heavy atom. The first-order chi connectivity index (χ1) is 23.3. The summed E-state index contributed by atoms with van der Waals surface area (Å²) in [5.41, 5.74) is 7.69. The number of nitrogens with zero attached hydrogens (tertiary/aromatic N) is 4. The van der Waals surface area contributed by atoms with Gasteiger partial charge in [-0.3, -0.25) is 19.4 Å². The number of hydrogen-bond donors (Lipinski definition) is 5. The fourth-order valence-electron chi connectivity index (χ4n) is 4.21. The van der Waals surface area contributed by atoms with Crippen molar-refractivity contribution in [1.29, 1.82) is 0 Å². The van der Waals surface area contributed by atoms with Crippen LogP contribution in [-0.2, 0) is 14.0 Å². The van der Waals surface area contributed by atoms with Gasteiger partial charge in [0.25, 0.3) is 11.8 Å². The van der Waals surface area contributed by atoms with Gasteiger partial charge in [0, 0.05) is 24.4 Å². The number of amides is 3. The van der Waals surface area contributed by atoms with Crippen LogP contribution in [-0.4, -0.2) is 74.2 Å². The van der Waals surface area contributed by atoms with Crippen LogP contribution in [0.2, 0.25) is 0 Å². The molecule has 0 radical (unpaired) electrons. The van der Waals surface area contributed by atoms with Crippen molar-refractivity contribution >= 4 is 55.4 Å². The van der Waals surface area contributed by atoms with Crippen molar-refractivity contribution < 1.29 is 52.1 Å². The van der Waals surface area contributed by atoms with Gasteiger partial charge in [0.05, 0.1) is 28.8 Å². The maximum absolute atomic E-state index is 13.4. The monoisotopic (exact) mass is 695 g/mol. The van der Waals surface area contributed by atoms with Crippen LogP contribution < -0.4 is 15.6 Å². The summed E-state index contributed by atoms with van der Waals surface area (Å²) in [4.78, 5) is 81.4. The highest BCUT2D eigenvalue weighted by atomic mass is 31.2. The zero-order chi connectivity index (χ0) is 35.7. The van der Waals surface area contributed by atoms with E-state index < -0.39 is 38.5 Å². The fraction of sp³-hybridized carbons (Fsp3) is 0.167. The van der Waals surface area contributed by atoms with Crippen molar-refractivity contribution in [1.82, 2.24) is 15.0 Å². The lowest BCUT2D eigenvalue weighted by molar-refractivity contribution is -0.0102. The third kappa shape index (κ3) is 9.25. The van der Waals surface area contributed by atoms with Gasteiger partial charge in [-0.25, -0.2) is 29.0 Å². The highest BCUT2D eigenvalue weighted by Gasteiger charge is 2.27. The minimum absolute atomic E-state index is 0.0256. The number of aromatic amines is 1. The lowest BCUT2D eigenvalue weighted by atomic mass is 10.1. The van der Waals surface area contributed by atoms with Gasteiger partial charge in [0.2, 0.25) is 6.79 Å². The number of aromatic nitrogens is 2. The maximum atomic E-state index is 13.4. The smallest absolute Gasteiger partial charge is 0.424 e. The highest BCUT2D eigenvalue weighted by molar-refractivity contribution is 7.46. The van der Waals surface area contributed by atoms with E-state index in [1.165, 1.54) is 37.6 Å². The van der Waals surface area contributed by atoms with Crippen LogP contribution in [0.15, 0.2) is 75.5 Å². The molecule has 2 aromatic carbocycles. The van der Waals surface area contributed by atoms with E-state index in [1.807, 2.05) is 0 Å². The third-order valence-electron chi connectivity index (χ3n) is 6.64. The molecular weight excluding hydrogens is 665 g/mol. The number of phosphoric acid groups is 1. The summed E-state index contributed by atoms with van der Waals surface area (Å²) in [5, 5.41) is 6.26. The van der Waals surface area contributed by atoms with Crippen LogP contribution in [0.4, 0.5) is 16.3 Å². The molecule has 19 heteroatoms. The second kappa shape index (κ2) is 15.7. The van der Waals surface area contributed by atoms with Gasteiger partial charge in [0.1, 0.15) is 12.0 Å². The van der Waals surface area contributed by atoms with E-state index in [-0.39, 0.29) is 40.6 Å². The summed E-state index contributed by atoms with van der Waals surface area (Å²) in [6.07, 6.45) is 2.59. The second-order valence-electron chi connectivity index (χ2n) is 9.87. The lowest BCUT2D eigenvalue weighted by Crippen LogP contribution is -2.37. The minimum Gasteiger partial charge on any atom is -0.424 e. The summed E-state index contributed by atoms with van der Waals surface area (Å²) >= 11 is 0. The minimum atomic E-state index is -4.78. The Morgan fingerprint density at radius 1 is 1.08 bits per heavy atom. The standard InChI is InChI=1S/C30H30N7O11P/c1-4-37(30(41)46-16-45-29(40)19-7-9-21(10-8-19)48-49(42,43)44)28(39)22-14-32-25(18(22)3)26(33-15-31)34-23-13-20(6-5-17(23)2)27(38)35-24-11-12-47-36-24/h5-15,32H,4,16H2,1-3H3,(H2,31,33,34)(H,35,36,38)(H2,42,43,44). The Morgan fingerprint density at radius 3 is 2.43 bits per heavy atom. The zero-order valence-corrected chi connectivity index (χ0v) is 27.0. The average Bonchev–Trinajstić information content (AvgIpc) is 3.71. The molecule has 0 fully saturated rings. The largest absolute Gasteiger partial charge is 0.524 e. The molecule has 49 heavy (non-hydrogen) atoms. The SMILES string of the molecule is CCN(C(=O)OCOC(=O)c1ccc(OP(=O)(O)O)cc1)C(=O)c1c[nH]c(C(N=CN)=Nc2cc(C(=O)Nc3ccon3)ccc2C)c1C. The quantitative estimate of drug-likeness (QED) is 0.0492. The van der Waals surface area contributed by atoms with E-state index in [9.17, 15) is 23.7 Å². The molecule has 0 saturated heterocycles. The van der Waals surface area contributed by atoms with Crippen molar-refractivity contribution in [3.8, 4) is 5.75 Å². The Balaban J connectivity index is 1.45. The number of ether oxygens (including phenoxy) is 2. The first kappa shape index (κ1) is 35.7. The van der Waals surface area contributed by atoms with Gasteiger partial charge < -0.3 is 34.6 Å². The molecule has 3 amide bonds. The molecule has 2 aromatic heterocycles. The number of benzene rings is 2. The molecule has 18 nitrogen and oxygen atoms in total. The van der Waals surface area contributed by atoms with E-state index in [0.717, 1.165) is 23.4 Å². The van der Waals surface area contributed by atoms with E-state index in [1.54, 1.807) is 32.0 Å². The number of nitrogens with one attached hydrogen (secondary N) is 2. The van der Waals surface area contributed by atoms with Crippen molar-refractivity contribution in [2.75, 3.05) is 18.7 Å². The third-order valence-corrected chi connectivity index (χ3v) is 7.08. The number of carbonyl (C=O) groups is 4. The van der Waals surface area contributed by atoms with Gasteiger partial charge in [0.15, 0.2) is 11.7 Å². The number of carbonyl (C=O) groups excluding carboxylic acids is 4. The van der Waals surface area contributed by atoms with Crippen LogP contribution in [0, 0.1) is 13.8 Å². The molecule has 0 bridgehead atoms. The van der Waals surface area contributed by atoms with Crippen LogP contribution in [0.1, 0.15) is 54.8 Å². The Kier molecular flexibility index (Phi) is 11.4. The van der Waals surface area contributed by atoms with Crippen LogP contribution in [0.5, 0.6) is 5.75 Å². The molecule has 4 rings (SSSR count). The number of aliphatic imine (C=N–C) groups is 2. The summed E-state index contributed by atoms with van der Waals surface area (Å²) in [5.74, 6) is -1.98. The molecule has 0 aliphatic rings. The Bertz CT molecular complexity index is 1950. The number of esters is 1. The molecule has 0 unspecified atom stereocenters. The Labute approximate surface area is 277 Å². The van der Waals surface area contributed by atoms with E-state index in [2.05, 4.69) is 30.0 Å². The molecule has 4 aromatic rings. The summed E-state index contributed by atoms with van der Waals surface area (Å²) in [6, 6.07) is 11.0. The number of H-pyrrole nitrogens is 1. The van der Waals surface area contributed by atoms with Crippen molar-refractivity contribution in [2.24, 2.45) is 15.7 Å². The van der Waals surface area contributed by atoms with E-state index in [4.69, 9.17) is 29.5 Å².